The topological polar surface area (TPSA) is 87.8 Å². The maximum Gasteiger partial charge on any atom is 0.342 e. The number of anilines is 1. The lowest BCUT2D eigenvalue weighted by Crippen LogP contribution is -2.24. The van der Waals surface area contributed by atoms with Crippen molar-refractivity contribution in [2.45, 2.75) is 19.3 Å². The van der Waals surface area contributed by atoms with Crippen LogP contribution in [0.25, 0.3) is 26.1 Å². The van der Waals surface area contributed by atoms with E-state index in [2.05, 4.69) is 9.88 Å². The number of carboxylic acid groups (broad SMARTS) is 1. The molecule has 2 atom stereocenters. The lowest BCUT2D eigenvalue weighted by molar-refractivity contribution is 0.0697. The average Bonchev–Trinajstić information content (AvgIpc) is 3.40. The molecule has 4 heterocycles. The van der Waals surface area contributed by atoms with Gasteiger partial charge in [-0.05, 0) is 36.8 Å². The summed E-state index contributed by atoms with van der Waals surface area (Å²) in [6, 6.07) is 7.67. The number of carbonyl (C=O) groups is 1. The van der Waals surface area contributed by atoms with Gasteiger partial charge in [0.2, 0.25) is 11.4 Å². The summed E-state index contributed by atoms with van der Waals surface area (Å²) < 4.78 is 2.72. The molecule has 8 heteroatoms. The van der Waals surface area contributed by atoms with Crippen LogP contribution in [-0.2, 0) is 0 Å². The quantitative estimate of drug-likeness (QED) is 0.549. The summed E-state index contributed by atoms with van der Waals surface area (Å²) >= 11 is 1.31. The predicted molar refractivity (Wildman–Crippen MR) is 112 cm³/mol. The van der Waals surface area contributed by atoms with Gasteiger partial charge in [-0.1, -0.05) is 18.6 Å². The highest BCUT2D eigenvalue weighted by Crippen LogP contribution is 2.39. The van der Waals surface area contributed by atoms with Crippen molar-refractivity contribution in [3.05, 3.63) is 46.2 Å². The van der Waals surface area contributed by atoms with Crippen molar-refractivity contribution in [2.75, 3.05) is 18.0 Å². The van der Waals surface area contributed by atoms with E-state index >= 15 is 0 Å². The lowest BCUT2D eigenvalue weighted by Gasteiger charge is -2.17. The predicted octanol–water partition coefficient (Wildman–Crippen LogP) is 3.39. The van der Waals surface area contributed by atoms with Gasteiger partial charge in [0.25, 0.3) is 0 Å². The van der Waals surface area contributed by atoms with Gasteiger partial charge in [0.05, 0.1) is 15.6 Å². The number of carboxylic acids is 1. The van der Waals surface area contributed by atoms with Crippen molar-refractivity contribution in [3.8, 4) is 0 Å². The maximum absolute atomic E-state index is 13.0. The van der Waals surface area contributed by atoms with Crippen LogP contribution in [0.5, 0.6) is 0 Å². The number of para-hydroxylation sites is 1. The van der Waals surface area contributed by atoms with Crippen LogP contribution in [0.4, 0.5) is 5.95 Å². The monoisotopic (exact) mass is 406 g/mol. The molecule has 2 aliphatic rings. The normalized spacial score (nSPS) is 21.4. The Balaban J connectivity index is 1.65. The minimum absolute atomic E-state index is 0.217. The zero-order chi connectivity index (χ0) is 19.7. The summed E-state index contributed by atoms with van der Waals surface area (Å²) in [5.41, 5.74) is 0.590. The first kappa shape index (κ1) is 16.9. The third kappa shape index (κ3) is 2.35. The van der Waals surface area contributed by atoms with Gasteiger partial charge >= 0.3 is 5.97 Å². The summed E-state index contributed by atoms with van der Waals surface area (Å²) in [5.74, 6) is 0.803. The first-order valence-electron chi connectivity index (χ1n) is 9.83. The highest BCUT2D eigenvalue weighted by atomic mass is 32.1. The molecular weight excluding hydrogens is 388 g/mol. The molecule has 0 amide bonds. The largest absolute Gasteiger partial charge is 0.477 e. The fourth-order valence-electron chi connectivity index (χ4n) is 5.03. The number of pyridine rings is 1. The summed E-state index contributed by atoms with van der Waals surface area (Å²) in [6.07, 6.45) is 5.32. The van der Waals surface area contributed by atoms with E-state index in [0.717, 1.165) is 23.3 Å². The Morgan fingerprint density at radius 1 is 1.17 bits per heavy atom. The van der Waals surface area contributed by atoms with Crippen molar-refractivity contribution in [2.24, 2.45) is 11.8 Å². The van der Waals surface area contributed by atoms with Crippen LogP contribution < -0.4 is 10.3 Å². The van der Waals surface area contributed by atoms with Crippen LogP contribution in [0, 0.1) is 11.8 Å². The molecule has 3 aromatic heterocycles. The molecule has 146 valence electrons. The number of aromatic carboxylic acids is 1. The molecule has 0 radical (unpaired) electrons. The van der Waals surface area contributed by atoms with Gasteiger partial charge in [0.15, 0.2) is 5.65 Å². The second-order valence-electron chi connectivity index (χ2n) is 7.98. The Bertz CT molecular complexity index is 1360. The summed E-state index contributed by atoms with van der Waals surface area (Å²) in [6.45, 7) is 1.90. The molecule has 0 bridgehead atoms. The van der Waals surface area contributed by atoms with Crippen molar-refractivity contribution in [3.63, 3.8) is 0 Å². The molecule has 1 saturated carbocycles. The van der Waals surface area contributed by atoms with Crippen LogP contribution in [0.15, 0.2) is 35.3 Å². The number of hydrogen-bond acceptors (Lipinski definition) is 6. The Kier molecular flexibility index (Phi) is 3.50. The van der Waals surface area contributed by atoms with E-state index in [1.54, 1.807) is 0 Å². The van der Waals surface area contributed by atoms with Crippen LogP contribution in [0.1, 0.15) is 29.6 Å². The standard InChI is InChI=1S/C21H18N4O3S/c26-17-13-8-22-21(24-9-11-4-3-5-12(11)10-24)23-18(13)25-14-6-1-2-7-15(14)29-19(25)16(17)20(27)28/h1-2,6-8,11-12H,3-5,9-10H2,(H,27,28). The SMILES string of the molecule is O=C(O)c1c(=O)c2cnc(N3CC4CCCC4C3)nc2n2c1sc1ccccc12. The van der Waals surface area contributed by atoms with Crippen molar-refractivity contribution in [1.29, 1.82) is 0 Å². The third-order valence-corrected chi connectivity index (χ3v) is 7.54. The average molecular weight is 406 g/mol. The van der Waals surface area contributed by atoms with Gasteiger partial charge in [0, 0.05) is 19.3 Å². The summed E-state index contributed by atoms with van der Waals surface area (Å²) in [5, 5.41) is 9.95. The smallest absolute Gasteiger partial charge is 0.342 e. The Hall–Kier alpha value is -3.00. The van der Waals surface area contributed by atoms with Crippen LogP contribution in [0.3, 0.4) is 0 Å². The van der Waals surface area contributed by atoms with Crippen molar-refractivity contribution < 1.29 is 9.90 Å². The van der Waals surface area contributed by atoms with Crippen molar-refractivity contribution in [1.82, 2.24) is 14.4 Å². The number of fused-ring (bicyclic) bond motifs is 6. The van der Waals surface area contributed by atoms with Crippen LogP contribution in [0.2, 0.25) is 0 Å². The molecule has 4 aromatic rings. The van der Waals surface area contributed by atoms with E-state index in [4.69, 9.17) is 4.98 Å². The second-order valence-corrected chi connectivity index (χ2v) is 9.01. The highest BCUT2D eigenvalue weighted by Gasteiger charge is 2.37. The van der Waals surface area contributed by atoms with E-state index < -0.39 is 11.4 Å². The molecule has 2 fully saturated rings. The van der Waals surface area contributed by atoms with Gasteiger partial charge in [-0.25, -0.2) is 9.78 Å². The lowest BCUT2D eigenvalue weighted by atomic mass is 10.0. The summed E-state index contributed by atoms with van der Waals surface area (Å²) in [7, 11) is 0. The number of aromatic nitrogens is 3. The first-order chi connectivity index (χ1) is 14.1. The molecule has 2 unspecified atom stereocenters. The Morgan fingerprint density at radius 3 is 2.69 bits per heavy atom. The van der Waals surface area contributed by atoms with Crippen LogP contribution >= 0.6 is 11.3 Å². The number of benzene rings is 1. The highest BCUT2D eigenvalue weighted by molar-refractivity contribution is 7.24. The fourth-order valence-corrected chi connectivity index (χ4v) is 6.20. The molecule has 7 nitrogen and oxygen atoms in total. The van der Waals surface area contributed by atoms with E-state index in [1.807, 2.05) is 28.7 Å². The van der Waals surface area contributed by atoms with Gasteiger partial charge in [-0.2, -0.15) is 4.98 Å². The number of nitrogens with zero attached hydrogens (tertiary/aromatic N) is 4. The van der Waals surface area contributed by atoms with E-state index in [-0.39, 0.29) is 10.9 Å². The molecule has 1 N–H and O–H groups in total. The first-order valence-corrected chi connectivity index (χ1v) is 10.6. The van der Waals surface area contributed by atoms with Crippen LogP contribution in [-0.4, -0.2) is 38.5 Å². The van der Waals surface area contributed by atoms with E-state index in [9.17, 15) is 14.7 Å². The molecule has 29 heavy (non-hydrogen) atoms. The van der Waals surface area contributed by atoms with Gasteiger partial charge in [0.1, 0.15) is 10.4 Å². The van der Waals surface area contributed by atoms with Gasteiger partial charge < -0.3 is 10.0 Å². The zero-order valence-electron chi connectivity index (χ0n) is 15.5. The Morgan fingerprint density at radius 2 is 1.93 bits per heavy atom. The molecule has 1 aliphatic heterocycles. The number of hydrogen-bond donors (Lipinski definition) is 1. The third-order valence-electron chi connectivity index (χ3n) is 6.39. The zero-order valence-corrected chi connectivity index (χ0v) is 16.4. The second kappa shape index (κ2) is 6.00. The van der Waals surface area contributed by atoms with E-state index in [0.29, 0.717) is 28.3 Å². The molecular formula is C21H18N4O3S. The molecule has 1 saturated heterocycles. The van der Waals surface area contributed by atoms with Gasteiger partial charge in [-0.3, -0.25) is 9.20 Å². The minimum Gasteiger partial charge on any atom is -0.477 e. The fraction of sp³-hybridized carbons (Fsp3) is 0.333. The number of rotatable bonds is 2. The van der Waals surface area contributed by atoms with Gasteiger partial charge in [-0.15, -0.1) is 11.3 Å². The maximum atomic E-state index is 13.0. The summed E-state index contributed by atoms with van der Waals surface area (Å²) in [4.78, 5) is 36.7. The van der Waals surface area contributed by atoms with E-state index in [1.165, 1.54) is 36.8 Å². The minimum atomic E-state index is -1.22. The van der Waals surface area contributed by atoms with Crippen molar-refractivity contribution >= 4 is 49.3 Å². The Labute approximate surface area is 169 Å². The molecule has 1 aliphatic carbocycles. The molecule has 6 rings (SSSR count). The molecule has 0 spiro atoms. The number of thiazole rings is 1. The molecule has 1 aromatic carbocycles.